The SMILES string of the molecule is CCNC(=NCC(CCO)CC(C)C)NCCc1ccc2c(c1)CCO2. The molecule has 2 rings (SSSR count). The highest BCUT2D eigenvalue weighted by Gasteiger charge is 2.12. The number of nitrogens with zero attached hydrogens (tertiary/aromatic N) is 1. The van der Waals surface area contributed by atoms with E-state index in [1.54, 1.807) is 0 Å². The second kappa shape index (κ2) is 11.1. The molecule has 0 aromatic heterocycles. The van der Waals surface area contributed by atoms with Gasteiger partial charge in [-0.25, -0.2) is 0 Å². The summed E-state index contributed by atoms with van der Waals surface area (Å²) < 4.78 is 5.57. The number of fused-ring (bicyclic) bond motifs is 1. The van der Waals surface area contributed by atoms with E-state index in [1.165, 1.54) is 11.1 Å². The number of nitrogens with one attached hydrogen (secondary N) is 2. The summed E-state index contributed by atoms with van der Waals surface area (Å²) in [5, 5.41) is 16.0. The molecule has 1 unspecified atom stereocenters. The first kappa shape index (κ1) is 20.6. The van der Waals surface area contributed by atoms with E-state index in [0.717, 1.165) is 63.6 Å². The number of aliphatic imine (C=N–C) groups is 1. The van der Waals surface area contributed by atoms with Gasteiger partial charge in [-0.05, 0) is 55.2 Å². The number of ether oxygens (including phenoxy) is 1. The van der Waals surface area contributed by atoms with Crippen LogP contribution in [-0.4, -0.2) is 43.9 Å². The first-order valence-electron chi connectivity index (χ1n) is 10.00. The zero-order valence-corrected chi connectivity index (χ0v) is 16.6. The summed E-state index contributed by atoms with van der Waals surface area (Å²) in [5.41, 5.74) is 2.65. The van der Waals surface area contributed by atoms with E-state index >= 15 is 0 Å². The van der Waals surface area contributed by atoms with Gasteiger partial charge in [-0.1, -0.05) is 26.0 Å². The number of rotatable bonds is 10. The first-order valence-corrected chi connectivity index (χ1v) is 10.00. The van der Waals surface area contributed by atoms with Crippen LogP contribution in [0.2, 0.25) is 0 Å². The molecule has 0 fully saturated rings. The van der Waals surface area contributed by atoms with Gasteiger partial charge < -0.3 is 20.5 Å². The Balaban J connectivity index is 1.84. The summed E-state index contributed by atoms with van der Waals surface area (Å²) in [5.74, 6) is 2.97. The molecular formula is C21H35N3O2. The fourth-order valence-electron chi connectivity index (χ4n) is 3.42. The van der Waals surface area contributed by atoms with Gasteiger partial charge in [-0.15, -0.1) is 0 Å². The van der Waals surface area contributed by atoms with Gasteiger partial charge in [0.2, 0.25) is 0 Å². The van der Waals surface area contributed by atoms with E-state index in [-0.39, 0.29) is 6.61 Å². The molecule has 0 saturated carbocycles. The van der Waals surface area contributed by atoms with Crippen molar-refractivity contribution in [3.8, 4) is 5.75 Å². The number of hydrogen-bond acceptors (Lipinski definition) is 3. The van der Waals surface area contributed by atoms with Crippen LogP contribution in [0, 0.1) is 11.8 Å². The maximum atomic E-state index is 9.26. The van der Waals surface area contributed by atoms with E-state index in [0.29, 0.717) is 11.8 Å². The van der Waals surface area contributed by atoms with Crippen molar-refractivity contribution in [2.45, 2.75) is 46.5 Å². The Morgan fingerprint density at radius 3 is 2.88 bits per heavy atom. The third-order valence-corrected chi connectivity index (χ3v) is 4.65. The minimum Gasteiger partial charge on any atom is -0.493 e. The Morgan fingerprint density at radius 1 is 1.31 bits per heavy atom. The molecule has 0 spiro atoms. The van der Waals surface area contributed by atoms with Gasteiger partial charge >= 0.3 is 0 Å². The van der Waals surface area contributed by atoms with Crippen LogP contribution in [0.3, 0.4) is 0 Å². The lowest BCUT2D eigenvalue weighted by Crippen LogP contribution is -2.38. The molecule has 1 aliphatic heterocycles. The minimum absolute atomic E-state index is 0.235. The highest BCUT2D eigenvalue weighted by molar-refractivity contribution is 5.79. The molecule has 0 radical (unpaired) electrons. The normalized spacial score (nSPS) is 14.9. The van der Waals surface area contributed by atoms with Crippen molar-refractivity contribution in [1.29, 1.82) is 0 Å². The number of hydrogen-bond donors (Lipinski definition) is 3. The smallest absolute Gasteiger partial charge is 0.191 e. The average molecular weight is 362 g/mol. The zero-order chi connectivity index (χ0) is 18.8. The molecule has 1 atom stereocenters. The maximum absolute atomic E-state index is 9.26. The van der Waals surface area contributed by atoms with Gasteiger partial charge in [0.15, 0.2) is 5.96 Å². The van der Waals surface area contributed by atoms with Crippen LogP contribution in [0.25, 0.3) is 0 Å². The summed E-state index contributed by atoms with van der Waals surface area (Å²) >= 11 is 0. The van der Waals surface area contributed by atoms with Crippen LogP contribution in [-0.2, 0) is 12.8 Å². The van der Waals surface area contributed by atoms with E-state index in [2.05, 4.69) is 49.6 Å². The molecule has 1 aliphatic rings. The van der Waals surface area contributed by atoms with E-state index < -0.39 is 0 Å². The molecular weight excluding hydrogens is 326 g/mol. The minimum atomic E-state index is 0.235. The molecule has 0 saturated heterocycles. The third kappa shape index (κ3) is 6.87. The second-order valence-electron chi connectivity index (χ2n) is 7.44. The van der Waals surface area contributed by atoms with Crippen molar-refractivity contribution >= 4 is 5.96 Å². The number of guanidine groups is 1. The summed E-state index contributed by atoms with van der Waals surface area (Å²) in [4.78, 5) is 4.74. The molecule has 1 heterocycles. The number of aliphatic hydroxyl groups is 1. The molecule has 5 heteroatoms. The molecule has 26 heavy (non-hydrogen) atoms. The Kier molecular flexibility index (Phi) is 8.75. The van der Waals surface area contributed by atoms with Gasteiger partial charge in [-0.3, -0.25) is 4.99 Å². The van der Waals surface area contributed by atoms with Gasteiger partial charge in [-0.2, -0.15) is 0 Å². The van der Waals surface area contributed by atoms with Crippen molar-refractivity contribution in [2.75, 3.05) is 32.8 Å². The average Bonchev–Trinajstić information content (AvgIpc) is 3.07. The fraction of sp³-hybridized carbons (Fsp3) is 0.667. The highest BCUT2D eigenvalue weighted by Crippen LogP contribution is 2.25. The number of benzene rings is 1. The Bertz CT molecular complexity index is 572. The van der Waals surface area contributed by atoms with Gasteiger partial charge in [0.25, 0.3) is 0 Å². The number of aliphatic hydroxyl groups excluding tert-OH is 1. The van der Waals surface area contributed by atoms with E-state index in [9.17, 15) is 5.11 Å². The highest BCUT2D eigenvalue weighted by atomic mass is 16.5. The summed E-state index contributed by atoms with van der Waals surface area (Å²) in [7, 11) is 0. The lowest BCUT2D eigenvalue weighted by Gasteiger charge is -2.17. The van der Waals surface area contributed by atoms with Crippen molar-refractivity contribution in [1.82, 2.24) is 10.6 Å². The van der Waals surface area contributed by atoms with Crippen molar-refractivity contribution < 1.29 is 9.84 Å². The van der Waals surface area contributed by atoms with Crippen LogP contribution < -0.4 is 15.4 Å². The van der Waals surface area contributed by atoms with Crippen molar-refractivity contribution in [3.63, 3.8) is 0 Å². The lowest BCUT2D eigenvalue weighted by atomic mass is 9.94. The van der Waals surface area contributed by atoms with Crippen LogP contribution in [0.15, 0.2) is 23.2 Å². The maximum Gasteiger partial charge on any atom is 0.191 e. The van der Waals surface area contributed by atoms with Crippen molar-refractivity contribution in [3.05, 3.63) is 29.3 Å². The predicted molar refractivity (Wildman–Crippen MR) is 108 cm³/mol. The summed E-state index contributed by atoms with van der Waals surface area (Å²) in [6.07, 6.45) is 3.89. The van der Waals surface area contributed by atoms with Crippen LogP contribution in [0.1, 0.15) is 44.7 Å². The topological polar surface area (TPSA) is 65.9 Å². The van der Waals surface area contributed by atoms with Gasteiger partial charge in [0.05, 0.1) is 6.61 Å². The third-order valence-electron chi connectivity index (χ3n) is 4.65. The first-order chi connectivity index (χ1) is 12.6. The lowest BCUT2D eigenvalue weighted by molar-refractivity contribution is 0.245. The molecule has 3 N–H and O–H groups in total. The standard InChI is InChI=1S/C21H35N3O2/c1-4-22-21(24-15-18(8-11-25)13-16(2)3)23-10-7-17-5-6-20-19(14-17)9-12-26-20/h5-6,14,16,18,25H,4,7-13,15H2,1-3H3,(H2,22,23,24). The fourth-order valence-corrected chi connectivity index (χ4v) is 3.42. The predicted octanol–water partition coefficient (Wildman–Crippen LogP) is 2.76. The Labute approximate surface area is 158 Å². The van der Waals surface area contributed by atoms with Crippen LogP contribution >= 0.6 is 0 Å². The van der Waals surface area contributed by atoms with E-state index in [4.69, 9.17) is 9.73 Å². The molecule has 0 amide bonds. The monoisotopic (exact) mass is 361 g/mol. The zero-order valence-electron chi connectivity index (χ0n) is 16.6. The van der Waals surface area contributed by atoms with E-state index in [1.807, 2.05) is 0 Å². The quantitative estimate of drug-likeness (QED) is 0.443. The molecule has 0 bridgehead atoms. The van der Waals surface area contributed by atoms with Crippen LogP contribution in [0.4, 0.5) is 0 Å². The molecule has 1 aromatic rings. The Hall–Kier alpha value is -1.75. The van der Waals surface area contributed by atoms with Crippen molar-refractivity contribution in [2.24, 2.45) is 16.8 Å². The molecule has 1 aromatic carbocycles. The molecule has 0 aliphatic carbocycles. The molecule has 146 valence electrons. The van der Waals surface area contributed by atoms with Gasteiger partial charge in [0.1, 0.15) is 5.75 Å². The Morgan fingerprint density at radius 2 is 2.15 bits per heavy atom. The second-order valence-corrected chi connectivity index (χ2v) is 7.44. The largest absolute Gasteiger partial charge is 0.493 e. The van der Waals surface area contributed by atoms with Crippen LogP contribution in [0.5, 0.6) is 5.75 Å². The molecule has 5 nitrogen and oxygen atoms in total. The summed E-state index contributed by atoms with van der Waals surface area (Å²) in [6, 6.07) is 6.49. The summed E-state index contributed by atoms with van der Waals surface area (Å²) in [6.45, 7) is 10.0. The van der Waals surface area contributed by atoms with Gasteiger partial charge in [0, 0.05) is 32.7 Å².